The van der Waals surface area contributed by atoms with Crippen molar-refractivity contribution in [3.05, 3.63) is 59.7 Å². The summed E-state index contributed by atoms with van der Waals surface area (Å²) < 4.78 is 5.96. The van der Waals surface area contributed by atoms with Gasteiger partial charge in [-0.1, -0.05) is 38.1 Å². The molecule has 0 aliphatic carbocycles. The fourth-order valence-corrected chi connectivity index (χ4v) is 2.97. The lowest BCUT2D eigenvalue weighted by atomic mass is 10.0. The van der Waals surface area contributed by atoms with Crippen molar-refractivity contribution in [2.75, 3.05) is 11.5 Å². The quantitative estimate of drug-likeness (QED) is 0.936. The van der Waals surface area contributed by atoms with Gasteiger partial charge in [-0.3, -0.25) is 0 Å². The molecule has 3 rings (SSSR count). The molecule has 4 nitrogen and oxygen atoms in total. The average Bonchev–Trinajstić information content (AvgIpc) is 2.74. The molecule has 2 aromatic carbocycles. The molecule has 1 atom stereocenters. The molecule has 1 aliphatic heterocycles. The summed E-state index contributed by atoms with van der Waals surface area (Å²) in [5.74, 6) is 0.165. The van der Waals surface area contributed by atoms with Crippen LogP contribution in [0.2, 0.25) is 0 Å². The predicted molar refractivity (Wildman–Crippen MR) is 90.1 cm³/mol. The highest BCUT2D eigenvalue weighted by Gasteiger charge is 2.27. The van der Waals surface area contributed by atoms with E-state index in [1.54, 1.807) is 12.1 Å². The van der Waals surface area contributed by atoms with Gasteiger partial charge in [0.15, 0.2) is 0 Å². The lowest BCUT2D eigenvalue weighted by Gasteiger charge is -2.34. The van der Waals surface area contributed by atoms with E-state index >= 15 is 0 Å². The molecule has 120 valence electrons. The van der Waals surface area contributed by atoms with E-state index in [1.165, 1.54) is 0 Å². The Kier molecular flexibility index (Phi) is 4.24. The number of ether oxygens (including phenoxy) is 1. The maximum absolute atomic E-state index is 11.2. The summed E-state index contributed by atoms with van der Waals surface area (Å²) in [7, 11) is 0. The highest BCUT2D eigenvalue weighted by Crippen LogP contribution is 2.31. The van der Waals surface area contributed by atoms with Gasteiger partial charge in [-0.25, -0.2) is 4.79 Å². The Morgan fingerprint density at radius 3 is 2.61 bits per heavy atom. The normalized spacial score (nSPS) is 17.3. The standard InChI is InChI=1S/C19H21NO3/c1-13(2)17-12-23-18-10-14(19(21)22)8-9-15(18)11-20(17)16-6-4-3-5-7-16/h3-10,13,17H,11-12H2,1-2H3,(H,21,22). The van der Waals surface area contributed by atoms with E-state index in [2.05, 4.69) is 30.9 Å². The third kappa shape index (κ3) is 3.16. The minimum Gasteiger partial charge on any atom is -0.491 e. The Hall–Kier alpha value is -2.49. The van der Waals surface area contributed by atoms with E-state index in [9.17, 15) is 4.79 Å². The molecule has 4 heteroatoms. The second kappa shape index (κ2) is 6.32. The van der Waals surface area contributed by atoms with Gasteiger partial charge in [0.25, 0.3) is 0 Å². The topological polar surface area (TPSA) is 49.8 Å². The number of carbonyl (C=O) groups is 1. The molecule has 0 amide bonds. The number of benzene rings is 2. The fraction of sp³-hybridized carbons (Fsp3) is 0.316. The molecule has 0 radical (unpaired) electrons. The number of carboxylic acid groups (broad SMARTS) is 1. The summed E-state index contributed by atoms with van der Waals surface area (Å²) in [5.41, 5.74) is 2.44. The Morgan fingerprint density at radius 2 is 1.96 bits per heavy atom. The lowest BCUT2D eigenvalue weighted by Crippen LogP contribution is -2.41. The van der Waals surface area contributed by atoms with Crippen LogP contribution in [0.5, 0.6) is 5.75 Å². The molecule has 0 bridgehead atoms. The molecule has 1 aliphatic rings. The smallest absolute Gasteiger partial charge is 0.335 e. The first-order chi connectivity index (χ1) is 11.1. The summed E-state index contributed by atoms with van der Waals surface area (Å²) in [5, 5.41) is 9.16. The van der Waals surface area contributed by atoms with E-state index in [-0.39, 0.29) is 11.6 Å². The summed E-state index contributed by atoms with van der Waals surface area (Å²) in [6, 6.07) is 15.6. The summed E-state index contributed by atoms with van der Waals surface area (Å²) in [6.45, 7) is 5.62. The molecular weight excluding hydrogens is 290 g/mol. The van der Waals surface area contributed by atoms with Gasteiger partial charge in [-0.2, -0.15) is 0 Å². The van der Waals surface area contributed by atoms with Gasteiger partial charge in [0.05, 0.1) is 11.6 Å². The maximum atomic E-state index is 11.2. The molecule has 1 unspecified atom stereocenters. The van der Waals surface area contributed by atoms with Crippen LogP contribution in [-0.2, 0) is 6.54 Å². The Morgan fingerprint density at radius 1 is 1.22 bits per heavy atom. The van der Waals surface area contributed by atoms with E-state index in [1.807, 2.05) is 24.3 Å². The zero-order chi connectivity index (χ0) is 16.4. The second-order valence-corrected chi connectivity index (χ2v) is 6.21. The highest BCUT2D eigenvalue weighted by molar-refractivity contribution is 5.88. The fourth-order valence-electron chi connectivity index (χ4n) is 2.97. The zero-order valence-corrected chi connectivity index (χ0v) is 13.4. The number of nitrogens with zero attached hydrogens (tertiary/aromatic N) is 1. The molecule has 1 heterocycles. The van der Waals surface area contributed by atoms with E-state index in [0.717, 1.165) is 11.3 Å². The van der Waals surface area contributed by atoms with Crippen LogP contribution in [0.3, 0.4) is 0 Å². The van der Waals surface area contributed by atoms with Crippen LogP contribution in [0.4, 0.5) is 5.69 Å². The number of aromatic carboxylic acids is 1. The van der Waals surface area contributed by atoms with E-state index < -0.39 is 5.97 Å². The van der Waals surface area contributed by atoms with Crippen molar-refractivity contribution >= 4 is 11.7 Å². The second-order valence-electron chi connectivity index (χ2n) is 6.21. The van der Waals surface area contributed by atoms with Crippen LogP contribution in [0.25, 0.3) is 0 Å². The van der Waals surface area contributed by atoms with Crippen LogP contribution < -0.4 is 9.64 Å². The largest absolute Gasteiger partial charge is 0.491 e. The maximum Gasteiger partial charge on any atom is 0.335 e. The first kappa shape index (κ1) is 15.4. The van der Waals surface area contributed by atoms with Crippen LogP contribution in [0.15, 0.2) is 48.5 Å². The first-order valence-electron chi connectivity index (χ1n) is 7.87. The van der Waals surface area contributed by atoms with Gasteiger partial charge in [-0.15, -0.1) is 0 Å². The minimum atomic E-state index is -0.930. The Balaban J connectivity index is 1.99. The molecule has 0 fully saturated rings. The van der Waals surface area contributed by atoms with Crippen LogP contribution in [0.1, 0.15) is 29.8 Å². The molecule has 23 heavy (non-hydrogen) atoms. The average molecular weight is 311 g/mol. The zero-order valence-electron chi connectivity index (χ0n) is 13.4. The van der Waals surface area contributed by atoms with Gasteiger partial charge >= 0.3 is 5.97 Å². The Bertz CT molecular complexity index is 697. The highest BCUT2D eigenvalue weighted by atomic mass is 16.5. The molecule has 0 saturated heterocycles. The summed E-state index contributed by atoms with van der Waals surface area (Å²) in [6.07, 6.45) is 0. The van der Waals surface area contributed by atoms with Gasteiger partial charge in [-0.05, 0) is 30.2 Å². The Labute approximate surface area is 136 Å². The summed E-state index contributed by atoms with van der Waals surface area (Å²) in [4.78, 5) is 13.5. The van der Waals surface area contributed by atoms with E-state index in [0.29, 0.717) is 24.8 Å². The molecule has 0 saturated carbocycles. The predicted octanol–water partition coefficient (Wildman–Crippen LogP) is 3.81. The van der Waals surface area contributed by atoms with Crippen molar-refractivity contribution in [2.45, 2.75) is 26.4 Å². The van der Waals surface area contributed by atoms with Crippen LogP contribution >= 0.6 is 0 Å². The van der Waals surface area contributed by atoms with Gasteiger partial charge in [0, 0.05) is 17.8 Å². The number of anilines is 1. The molecule has 0 aromatic heterocycles. The van der Waals surface area contributed by atoms with Crippen molar-refractivity contribution < 1.29 is 14.6 Å². The number of para-hydroxylation sites is 1. The van der Waals surface area contributed by atoms with Crippen molar-refractivity contribution in [2.24, 2.45) is 5.92 Å². The third-order valence-corrected chi connectivity index (χ3v) is 4.32. The number of rotatable bonds is 3. The minimum absolute atomic E-state index is 0.234. The van der Waals surface area contributed by atoms with Gasteiger partial charge in [0.2, 0.25) is 0 Å². The molecule has 0 spiro atoms. The molecule has 2 aromatic rings. The van der Waals surface area contributed by atoms with Crippen molar-refractivity contribution in [1.82, 2.24) is 0 Å². The number of carboxylic acids is 1. The number of hydrogen-bond acceptors (Lipinski definition) is 3. The van der Waals surface area contributed by atoms with Crippen LogP contribution in [0, 0.1) is 5.92 Å². The van der Waals surface area contributed by atoms with Crippen molar-refractivity contribution in [3.8, 4) is 5.75 Å². The summed E-state index contributed by atoms with van der Waals surface area (Å²) >= 11 is 0. The number of hydrogen-bond donors (Lipinski definition) is 1. The molecular formula is C19H21NO3. The van der Waals surface area contributed by atoms with E-state index in [4.69, 9.17) is 9.84 Å². The van der Waals surface area contributed by atoms with Crippen LogP contribution in [-0.4, -0.2) is 23.7 Å². The monoisotopic (exact) mass is 311 g/mol. The first-order valence-corrected chi connectivity index (χ1v) is 7.87. The van der Waals surface area contributed by atoms with Crippen molar-refractivity contribution in [3.63, 3.8) is 0 Å². The molecule has 1 N–H and O–H groups in total. The SMILES string of the molecule is CC(C)C1COc2cc(C(=O)O)ccc2CN1c1ccccc1. The number of fused-ring (bicyclic) bond motifs is 1. The third-order valence-electron chi connectivity index (χ3n) is 4.32. The lowest BCUT2D eigenvalue weighted by molar-refractivity contribution is 0.0696. The van der Waals surface area contributed by atoms with Crippen molar-refractivity contribution in [1.29, 1.82) is 0 Å². The van der Waals surface area contributed by atoms with Gasteiger partial charge < -0.3 is 14.7 Å². The van der Waals surface area contributed by atoms with Gasteiger partial charge in [0.1, 0.15) is 12.4 Å².